The van der Waals surface area contributed by atoms with Gasteiger partial charge in [-0.1, -0.05) is 0 Å². The predicted octanol–water partition coefficient (Wildman–Crippen LogP) is 0.805. The Morgan fingerprint density at radius 2 is 2.00 bits per heavy atom. The van der Waals surface area contributed by atoms with Crippen LogP contribution >= 0.6 is 0 Å². The Hall–Kier alpha value is -2.81. The lowest BCUT2D eigenvalue weighted by molar-refractivity contribution is -0.0569. The summed E-state index contributed by atoms with van der Waals surface area (Å²) in [5.74, 6) is 1.02. The van der Waals surface area contributed by atoms with E-state index in [4.69, 9.17) is 9.73 Å². The Labute approximate surface area is 159 Å². The zero-order chi connectivity index (χ0) is 19.6. The molecule has 1 saturated heterocycles. The number of hydrogen-bond donors (Lipinski definition) is 2. The van der Waals surface area contributed by atoms with E-state index in [0.29, 0.717) is 22.8 Å². The molecule has 1 aromatic carbocycles. The van der Waals surface area contributed by atoms with Gasteiger partial charge in [0.25, 0.3) is 0 Å². The molecule has 0 aromatic heterocycles. The number of nitrogens with one attached hydrogen (secondary N) is 1. The number of benzene rings is 1. The highest BCUT2D eigenvalue weighted by atomic mass is 16.5. The van der Waals surface area contributed by atoms with Crippen LogP contribution in [0, 0.1) is 22.8 Å². The summed E-state index contributed by atoms with van der Waals surface area (Å²) in [6, 6.07) is 6.57. The molecule has 0 unspecified atom stereocenters. The van der Waals surface area contributed by atoms with Crippen molar-refractivity contribution in [1.29, 1.82) is 10.5 Å². The molecule has 2 heterocycles. The molecule has 1 fully saturated rings. The molecule has 0 amide bonds. The van der Waals surface area contributed by atoms with Crippen LogP contribution in [-0.4, -0.2) is 65.8 Å². The highest BCUT2D eigenvalue weighted by Gasteiger charge is 2.43. The van der Waals surface area contributed by atoms with Crippen molar-refractivity contribution in [2.75, 3.05) is 33.2 Å². The Morgan fingerprint density at radius 3 is 2.63 bits per heavy atom. The summed E-state index contributed by atoms with van der Waals surface area (Å²) in [6.07, 6.45) is 1.02. The van der Waals surface area contributed by atoms with Gasteiger partial charge in [-0.05, 0) is 39.1 Å². The quantitative estimate of drug-likeness (QED) is 0.327. The maximum absolute atomic E-state index is 10.9. The number of guanidine groups is 1. The number of piperazine rings is 1. The molecule has 2 aliphatic heterocycles. The number of ether oxygens (including phenoxy) is 1. The summed E-state index contributed by atoms with van der Waals surface area (Å²) in [5.41, 5.74) is 0.265. The lowest BCUT2D eigenvalue weighted by atomic mass is 9.86. The van der Waals surface area contributed by atoms with Gasteiger partial charge in [0.2, 0.25) is 5.96 Å². The smallest absolute Gasteiger partial charge is 0.208 e. The summed E-state index contributed by atoms with van der Waals surface area (Å²) in [4.78, 5) is 8.93. The molecule has 0 saturated carbocycles. The number of rotatable bonds is 1. The van der Waals surface area contributed by atoms with E-state index < -0.39 is 17.7 Å². The fourth-order valence-corrected chi connectivity index (χ4v) is 3.37. The summed E-state index contributed by atoms with van der Waals surface area (Å²) < 4.78 is 5.93. The van der Waals surface area contributed by atoms with E-state index in [0.717, 1.165) is 26.2 Å². The van der Waals surface area contributed by atoms with Gasteiger partial charge in [0.1, 0.15) is 23.5 Å². The molecule has 2 atom stereocenters. The lowest BCUT2D eigenvalue weighted by Crippen LogP contribution is -2.52. The first kappa shape index (κ1) is 19.0. The van der Waals surface area contributed by atoms with Crippen LogP contribution < -0.4 is 10.1 Å². The third-order valence-corrected chi connectivity index (χ3v) is 5.07. The van der Waals surface area contributed by atoms with Gasteiger partial charge in [0, 0.05) is 31.7 Å². The highest BCUT2D eigenvalue weighted by molar-refractivity contribution is 5.82. The molecule has 0 aliphatic carbocycles. The summed E-state index contributed by atoms with van der Waals surface area (Å²) in [7, 11) is 2.05. The van der Waals surface area contributed by atoms with E-state index in [1.54, 1.807) is 32.0 Å². The SMILES string of the molecule is CN1CCN(C(=N[C@@H]2c3cc(C#N)ccc3OC(C)(C)[C@H]2O)NC#N)CC1. The number of hydrogen-bond acceptors (Lipinski definition) is 6. The van der Waals surface area contributed by atoms with Gasteiger partial charge in [0.05, 0.1) is 11.6 Å². The van der Waals surface area contributed by atoms with Gasteiger partial charge in [-0.3, -0.25) is 5.32 Å². The fraction of sp³-hybridized carbons (Fsp3) is 0.526. The molecule has 142 valence electrons. The molecule has 3 rings (SSSR count). The molecule has 1 aromatic rings. The first-order valence-corrected chi connectivity index (χ1v) is 8.93. The average molecular weight is 368 g/mol. The molecule has 8 nitrogen and oxygen atoms in total. The second-order valence-electron chi connectivity index (χ2n) is 7.44. The largest absolute Gasteiger partial charge is 0.485 e. The minimum Gasteiger partial charge on any atom is -0.485 e. The van der Waals surface area contributed by atoms with Crippen molar-refractivity contribution in [3.63, 3.8) is 0 Å². The normalized spacial score (nSPS) is 25.0. The minimum absolute atomic E-state index is 0.431. The van der Waals surface area contributed by atoms with Gasteiger partial charge in [-0.15, -0.1) is 0 Å². The molecule has 0 spiro atoms. The van der Waals surface area contributed by atoms with Crippen molar-refractivity contribution >= 4 is 5.96 Å². The van der Waals surface area contributed by atoms with Crippen LogP contribution in [0.4, 0.5) is 0 Å². The van der Waals surface area contributed by atoms with Crippen LogP contribution in [0.5, 0.6) is 5.75 Å². The van der Waals surface area contributed by atoms with Crippen molar-refractivity contribution < 1.29 is 9.84 Å². The van der Waals surface area contributed by atoms with Crippen LogP contribution in [0.25, 0.3) is 0 Å². The van der Waals surface area contributed by atoms with E-state index in [9.17, 15) is 15.6 Å². The standard InChI is InChI=1S/C19H24N6O2/c1-19(2)17(26)16(14-10-13(11-20)4-5-15(14)27-19)23-18(22-12-21)25-8-6-24(3)7-9-25/h4-5,10,16-17,26H,6-9H2,1-3H3,(H,22,23)/t16-,17+/m1/s1. The van der Waals surface area contributed by atoms with Crippen molar-refractivity contribution in [2.24, 2.45) is 4.99 Å². The van der Waals surface area contributed by atoms with Crippen molar-refractivity contribution in [2.45, 2.75) is 31.6 Å². The van der Waals surface area contributed by atoms with Gasteiger partial charge in [0.15, 0.2) is 6.19 Å². The zero-order valence-corrected chi connectivity index (χ0v) is 15.8. The number of nitriles is 2. The number of likely N-dealkylation sites (N-methyl/N-ethyl adjacent to an activating group) is 1. The zero-order valence-electron chi connectivity index (χ0n) is 15.8. The molecule has 2 aliphatic rings. The summed E-state index contributed by atoms with van der Waals surface area (Å²) in [5, 5.41) is 32.0. The second kappa shape index (κ2) is 7.43. The van der Waals surface area contributed by atoms with Crippen LogP contribution in [0.3, 0.4) is 0 Å². The number of aliphatic imine (C=N–C) groups is 1. The van der Waals surface area contributed by atoms with E-state index in [1.807, 2.05) is 11.1 Å². The maximum atomic E-state index is 10.9. The minimum atomic E-state index is -0.929. The van der Waals surface area contributed by atoms with Gasteiger partial charge < -0.3 is 19.6 Å². The number of aliphatic hydroxyl groups is 1. The van der Waals surface area contributed by atoms with Crippen LogP contribution in [0.15, 0.2) is 23.2 Å². The molecule has 8 heteroatoms. The van der Waals surface area contributed by atoms with Crippen molar-refractivity contribution in [3.05, 3.63) is 29.3 Å². The Kier molecular flexibility index (Phi) is 5.22. The summed E-state index contributed by atoms with van der Waals surface area (Å²) in [6.45, 7) is 6.80. The molecule has 2 N–H and O–H groups in total. The third kappa shape index (κ3) is 3.82. The van der Waals surface area contributed by atoms with Gasteiger partial charge in [-0.2, -0.15) is 10.5 Å². The van der Waals surface area contributed by atoms with E-state index >= 15 is 0 Å². The maximum Gasteiger partial charge on any atom is 0.208 e. The van der Waals surface area contributed by atoms with E-state index in [1.165, 1.54) is 0 Å². The van der Waals surface area contributed by atoms with E-state index in [-0.39, 0.29) is 0 Å². The molecular formula is C19H24N6O2. The Morgan fingerprint density at radius 1 is 1.30 bits per heavy atom. The molecule has 27 heavy (non-hydrogen) atoms. The fourth-order valence-electron chi connectivity index (χ4n) is 3.37. The van der Waals surface area contributed by atoms with Crippen molar-refractivity contribution in [3.8, 4) is 18.0 Å². The molecule has 0 radical (unpaired) electrons. The number of aliphatic hydroxyl groups excluding tert-OH is 1. The van der Waals surface area contributed by atoms with Gasteiger partial charge >= 0.3 is 0 Å². The van der Waals surface area contributed by atoms with E-state index in [2.05, 4.69) is 23.3 Å². The monoisotopic (exact) mass is 368 g/mol. The first-order chi connectivity index (χ1) is 12.9. The Balaban J connectivity index is 2.03. The third-order valence-electron chi connectivity index (χ3n) is 5.07. The van der Waals surface area contributed by atoms with Crippen molar-refractivity contribution in [1.82, 2.24) is 15.1 Å². The van der Waals surface area contributed by atoms with Crippen LogP contribution in [-0.2, 0) is 0 Å². The second-order valence-corrected chi connectivity index (χ2v) is 7.44. The lowest BCUT2D eigenvalue weighted by Gasteiger charge is -2.41. The summed E-state index contributed by atoms with van der Waals surface area (Å²) >= 11 is 0. The van der Waals surface area contributed by atoms with Crippen LogP contribution in [0.1, 0.15) is 31.0 Å². The topological polar surface area (TPSA) is 108 Å². The van der Waals surface area contributed by atoms with Crippen LogP contribution in [0.2, 0.25) is 0 Å². The van der Waals surface area contributed by atoms with Gasteiger partial charge in [-0.25, -0.2) is 4.99 Å². The number of nitrogens with zero attached hydrogens (tertiary/aromatic N) is 5. The number of fused-ring (bicyclic) bond motifs is 1. The Bertz CT molecular complexity index is 814. The highest BCUT2D eigenvalue weighted by Crippen LogP contribution is 2.42. The average Bonchev–Trinajstić information content (AvgIpc) is 2.65. The predicted molar refractivity (Wildman–Crippen MR) is 99.9 cm³/mol. The molecule has 0 bridgehead atoms. The molecular weight excluding hydrogens is 344 g/mol. The first-order valence-electron chi connectivity index (χ1n) is 8.93.